The van der Waals surface area contributed by atoms with Crippen LogP contribution in [0, 0.1) is 0 Å². The van der Waals surface area contributed by atoms with Crippen LogP contribution < -0.4 is 10.6 Å². The van der Waals surface area contributed by atoms with Gasteiger partial charge in [-0.2, -0.15) is 0 Å². The number of halogens is 2. The van der Waals surface area contributed by atoms with Gasteiger partial charge < -0.3 is 10.6 Å². The molecule has 3 nitrogen and oxygen atoms in total. The van der Waals surface area contributed by atoms with E-state index in [1.807, 2.05) is 12.1 Å². The topological polar surface area (TPSA) is 41.1 Å². The lowest BCUT2D eigenvalue weighted by molar-refractivity contribution is -0.121. The Balaban J connectivity index is 0.00000242. The molecule has 1 aliphatic heterocycles. The molecular formula is C16H24BrClN2OS. The molecule has 6 heteroatoms. The number of nitrogens with one attached hydrogen (secondary N) is 2. The average molecular weight is 408 g/mol. The number of amides is 1. The molecular weight excluding hydrogens is 384 g/mol. The summed E-state index contributed by atoms with van der Waals surface area (Å²) in [5.41, 5.74) is 0. The van der Waals surface area contributed by atoms with E-state index in [4.69, 9.17) is 0 Å². The summed E-state index contributed by atoms with van der Waals surface area (Å²) in [6, 6.07) is 8.65. The normalized spacial score (nSPS) is 17.9. The summed E-state index contributed by atoms with van der Waals surface area (Å²) in [5, 5.41) is 6.43. The SMILES string of the molecule is CC(C)(CNC(=O)CC1CCCN1)Sc1ccc(Br)cc1.Cl. The molecule has 0 spiro atoms. The first kappa shape index (κ1) is 19.8. The highest BCUT2D eigenvalue weighted by Crippen LogP contribution is 2.32. The zero-order valence-corrected chi connectivity index (χ0v) is 16.2. The monoisotopic (exact) mass is 406 g/mol. The van der Waals surface area contributed by atoms with E-state index in [-0.39, 0.29) is 23.1 Å². The number of thioether (sulfide) groups is 1. The van der Waals surface area contributed by atoms with Crippen LogP contribution in [0.1, 0.15) is 33.1 Å². The maximum atomic E-state index is 12.0. The van der Waals surface area contributed by atoms with Crippen molar-refractivity contribution in [2.75, 3.05) is 13.1 Å². The van der Waals surface area contributed by atoms with Gasteiger partial charge >= 0.3 is 0 Å². The van der Waals surface area contributed by atoms with Gasteiger partial charge in [-0.1, -0.05) is 15.9 Å². The highest BCUT2D eigenvalue weighted by Gasteiger charge is 2.22. The molecule has 1 amide bonds. The van der Waals surface area contributed by atoms with Crippen molar-refractivity contribution in [3.05, 3.63) is 28.7 Å². The summed E-state index contributed by atoms with van der Waals surface area (Å²) in [7, 11) is 0. The van der Waals surface area contributed by atoms with E-state index in [0.29, 0.717) is 19.0 Å². The molecule has 2 N–H and O–H groups in total. The summed E-state index contributed by atoms with van der Waals surface area (Å²) >= 11 is 5.23. The van der Waals surface area contributed by atoms with Gasteiger partial charge in [0.25, 0.3) is 0 Å². The summed E-state index contributed by atoms with van der Waals surface area (Å²) in [5.74, 6) is 0.152. The number of carbonyl (C=O) groups excluding carboxylic acids is 1. The van der Waals surface area contributed by atoms with Crippen LogP contribution in [-0.2, 0) is 4.79 Å². The molecule has 0 bridgehead atoms. The lowest BCUT2D eigenvalue weighted by Crippen LogP contribution is -2.38. The zero-order chi connectivity index (χ0) is 15.3. The predicted octanol–water partition coefficient (Wildman–Crippen LogP) is 4.00. The van der Waals surface area contributed by atoms with Gasteiger partial charge in [-0.15, -0.1) is 24.2 Å². The minimum atomic E-state index is -0.0212. The van der Waals surface area contributed by atoms with Crippen LogP contribution in [0.25, 0.3) is 0 Å². The number of hydrogen-bond acceptors (Lipinski definition) is 3. The number of hydrogen-bond donors (Lipinski definition) is 2. The van der Waals surface area contributed by atoms with Gasteiger partial charge in [0.1, 0.15) is 0 Å². The van der Waals surface area contributed by atoms with Gasteiger partial charge in [-0.05, 0) is 57.5 Å². The van der Waals surface area contributed by atoms with E-state index in [1.54, 1.807) is 11.8 Å². The summed E-state index contributed by atoms with van der Waals surface area (Å²) in [6.07, 6.45) is 2.90. The molecule has 1 aliphatic rings. The average Bonchev–Trinajstić information content (AvgIpc) is 2.92. The van der Waals surface area contributed by atoms with Crippen molar-refractivity contribution < 1.29 is 4.79 Å². The van der Waals surface area contributed by atoms with Crippen molar-refractivity contribution >= 4 is 46.0 Å². The van der Waals surface area contributed by atoms with Gasteiger partial charge in [0.2, 0.25) is 5.91 Å². The Bertz CT molecular complexity index is 476. The quantitative estimate of drug-likeness (QED) is 0.700. The van der Waals surface area contributed by atoms with Crippen LogP contribution in [0.5, 0.6) is 0 Å². The second kappa shape index (κ2) is 9.16. The largest absolute Gasteiger partial charge is 0.355 e. The standard InChI is InChI=1S/C16H23BrN2OS.ClH/c1-16(2,21-14-7-5-12(17)6-8-14)11-19-15(20)10-13-4-3-9-18-13;/h5-8,13,18H,3-4,9-11H2,1-2H3,(H,19,20);1H. The first-order valence-corrected chi connectivity index (χ1v) is 9.00. The molecule has 0 aromatic heterocycles. The number of carbonyl (C=O) groups is 1. The molecule has 0 aliphatic carbocycles. The first-order valence-electron chi connectivity index (χ1n) is 7.39. The number of benzene rings is 1. The molecule has 1 aromatic rings. The fourth-order valence-electron chi connectivity index (χ4n) is 2.40. The molecule has 1 fully saturated rings. The van der Waals surface area contributed by atoms with Crippen molar-refractivity contribution in [1.82, 2.24) is 10.6 Å². The van der Waals surface area contributed by atoms with Gasteiger partial charge in [0, 0.05) is 33.1 Å². The third-order valence-electron chi connectivity index (χ3n) is 3.51. The predicted molar refractivity (Wildman–Crippen MR) is 100.0 cm³/mol. The van der Waals surface area contributed by atoms with Gasteiger partial charge in [-0.3, -0.25) is 4.79 Å². The molecule has 0 saturated carbocycles. The fourth-order valence-corrected chi connectivity index (χ4v) is 3.72. The van der Waals surface area contributed by atoms with Crippen LogP contribution in [0.3, 0.4) is 0 Å². The first-order chi connectivity index (χ1) is 9.94. The molecule has 2 rings (SSSR count). The molecule has 0 radical (unpaired) electrons. The number of rotatable bonds is 6. The maximum absolute atomic E-state index is 12.0. The van der Waals surface area contributed by atoms with E-state index in [9.17, 15) is 4.79 Å². The summed E-state index contributed by atoms with van der Waals surface area (Å²) < 4.78 is 1.06. The zero-order valence-electron chi connectivity index (χ0n) is 13.0. The minimum absolute atomic E-state index is 0. The Kier molecular flexibility index (Phi) is 8.25. The molecule has 1 unspecified atom stereocenters. The lowest BCUT2D eigenvalue weighted by Gasteiger charge is -2.25. The van der Waals surface area contributed by atoms with E-state index in [1.165, 1.54) is 11.3 Å². The maximum Gasteiger partial charge on any atom is 0.221 e. The van der Waals surface area contributed by atoms with E-state index in [0.717, 1.165) is 17.4 Å². The van der Waals surface area contributed by atoms with E-state index in [2.05, 4.69) is 52.5 Å². The third-order valence-corrected chi connectivity index (χ3v) is 5.25. The Labute approximate surface area is 151 Å². The lowest BCUT2D eigenvalue weighted by atomic mass is 10.1. The van der Waals surface area contributed by atoms with Crippen LogP contribution in [0.15, 0.2) is 33.6 Å². The molecule has 124 valence electrons. The molecule has 1 heterocycles. The Morgan fingerprint density at radius 3 is 2.68 bits per heavy atom. The van der Waals surface area contributed by atoms with Gasteiger partial charge in [-0.25, -0.2) is 0 Å². The molecule has 1 atom stereocenters. The van der Waals surface area contributed by atoms with Crippen molar-refractivity contribution in [2.45, 2.75) is 48.8 Å². The Morgan fingerprint density at radius 1 is 1.41 bits per heavy atom. The van der Waals surface area contributed by atoms with E-state index >= 15 is 0 Å². The van der Waals surface area contributed by atoms with E-state index < -0.39 is 0 Å². The Hall–Kier alpha value is -0.230. The van der Waals surface area contributed by atoms with Crippen LogP contribution in [0.4, 0.5) is 0 Å². The van der Waals surface area contributed by atoms with Crippen molar-refractivity contribution in [1.29, 1.82) is 0 Å². The Morgan fingerprint density at radius 2 is 2.09 bits per heavy atom. The minimum Gasteiger partial charge on any atom is -0.355 e. The van der Waals surface area contributed by atoms with Crippen LogP contribution in [-0.4, -0.2) is 29.8 Å². The van der Waals surface area contributed by atoms with Crippen molar-refractivity contribution in [3.63, 3.8) is 0 Å². The summed E-state index contributed by atoms with van der Waals surface area (Å²) in [6.45, 7) is 6.05. The van der Waals surface area contributed by atoms with Crippen LogP contribution in [0.2, 0.25) is 0 Å². The van der Waals surface area contributed by atoms with Gasteiger partial charge in [0.05, 0.1) is 0 Å². The second-order valence-corrected chi connectivity index (χ2v) is 8.79. The molecule has 1 aromatic carbocycles. The van der Waals surface area contributed by atoms with Crippen molar-refractivity contribution in [2.24, 2.45) is 0 Å². The van der Waals surface area contributed by atoms with Gasteiger partial charge in [0.15, 0.2) is 0 Å². The highest BCUT2D eigenvalue weighted by molar-refractivity contribution is 9.10. The second-order valence-electron chi connectivity index (χ2n) is 6.09. The fraction of sp³-hybridized carbons (Fsp3) is 0.562. The summed E-state index contributed by atoms with van der Waals surface area (Å²) in [4.78, 5) is 13.2. The van der Waals surface area contributed by atoms with Crippen LogP contribution >= 0.6 is 40.1 Å². The third kappa shape index (κ3) is 6.90. The molecule has 22 heavy (non-hydrogen) atoms. The smallest absolute Gasteiger partial charge is 0.221 e. The highest BCUT2D eigenvalue weighted by atomic mass is 79.9. The van der Waals surface area contributed by atoms with Crippen molar-refractivity contribution in [3.8, 4) is 0 Å². The molecule has 1 saturated heterocycles.